The van der Waals surface area contributed by atoms with Crippen LogP contribution in [-0.4, -0.2) is 24.4 Å². The van der Waals surface area contributed by atoms with Crippen LogP contribution < -0.4 is 0 Å². The number of hydrogen-bond acceptors (Lipinski definition) is 2. The number of aliphatic hydroxyl groups excluding tert-OH is 2. The summed E-state index contributed by atoms with van der Waals surface area (Å²) >= 11 is 0. The Bertz CT molecular complexity index is 83.0. The van der Waals surface area contributed by atoms with E-state index < -0.39 is 0 Å². The molecule has 4 heteroatoms. The average Bonchev–Trinajstić information content (AvgIpc) is 2.42. The molecule has 2 aliphatic carbocycles. The van der Waals surface area contributed by atoms with Crippen molar-refractivity contribution >= 4 is 0 Å². The van der Waals surface area contributed by atoms with Gasteiger partial charge in [-0.25, -0.2) is 0 Å². The molecule has 2 radical (unpaired) electrons. The first-order valence-electron chi connectivity index (χ1n) is 8.89. The molecule has 0 aliphatic heterocycles. The molecule has 2 aliphatic rings. The maximum Gasteiger partial charge on any atom is 0.0319 e. The van der Waals surface area contributed by atoms with Gasteiger partial charge in [-0.2, -0.15) is 0 Å². The Morgan fingerprint density at radius 1 is 0.273 bits per heavy atom. The Labute approximate surface area is 166 Å². The van der Waals surface area contributed by atoms with E-state index in [9.17, 15) is 0 Å². The van der Waals surface area contributed by atoms with Crippen LogP contribution in [0.5, 0.6) is 0 Å². The molecule has 0 amide bonds. The zero-order valence-corrected chi connectivity index (χ0v) is 19.7. The summed E-state index contributed by atoms with van der Waals surface area (Å²) < 4.78 is 0. The summed E-state index contributed by atoms with van der Waals surface area (Å²) in [5, 5.41) is 14.0. The van der Waals surface area contributed by atoms with Crippen LogP contribution in [0.25, 0.3) is 0 Å². The van der Waals surface area contributed by atoms with Gasteiger partial charge in [-0.3, -0.25) is 0 Å². The SMILES string of the molecule is C1CCCCCCC1.C1CCCCCCC1.CO.CO.[Ir].[Ir]. The quantitative estimate of drug-likeness (QED) is 0.360. The van der Waals surface area contributed by atoms with Gasteiger partial charge in [0, 0.05) is 54.4 Å². The van der Waals surface area contributed by atoms with E-state index in [0.29, 0.717) is 0 Å². The molecule has 0 spiro atoms. The Hall–Kier alpha value is 1.22. The van der Waals surface area contributed by atoms with Crippen molar-refractivity contribution in [3.63, 3.8) is 0 Å². The normalized spacial score (nSPS) is 18.0. The average molecular weight is 673 g/mol. The Morgan fingerprint density at radius 2 is 0.318 bits per heavy atom. The van der Waals surface area contributed by atoms with Crippen LogP contribution in [0.1, 0.15) is 103 Å². The van der Waals surface area contributed by atoms with E-state index in [2.05, 4.69) is 0 Å². The van der Waals surface area contributed by atoms with Crippen LogP contribution in [0.3, 0.4) is 0 Å². The van der Waals surface area contributed by atoms with Crippen LogP contribution in [0.15, 0.2) is 0 Å². The van der Waals surface area contributed by atoms with Gasteiger partial charge >= 0.3 is 0 Å². The van der Waals surface area contributed by atoms with Gasteiger partial charge in [-0.15, -0.1) is 0 Å². The summed E-state index contributed by atoms with van der Waals surface area (Å²) in [6, 6.07) is 0. The zero-order chi connectivity index (χ0) is 15.3. The first-order valence-corrected chi connectivity index (χ1v) is 8.89. The van der Waals surface area contributed by atoms with Gasteiger partial charge in [0.05, 0.1) is 0 Å². The van der Waals surface area contributed by atoms with Crippen molar-refractivity contribution in [2.24, 2.45) is 0 Å². The molecule has 2 N–H and O–H groups in total. The Morgan fingerprint density at radius 3 is 0.364 bits per heavy atom. The van der Waals surface area contributed by atoms with Crippen molar-refractivity contribution in [1.82, 2.24) is 0 Å². The topological polar surface area (TPSA) is 40.5 Å². The third-order valence-corrected chi connectivity index (χ3v) is 4.00. The third-order valence-electron chi connectivity index (χ3n) is 4.00. The molecule has 2 saturated carbocycles. The van der Waals surface area contributed by atoms with Crippen molar-refractivity contribution < 1.29 is 50.4 Å². The molecule has 0 aromatic heterocycles. The summed E-state index contributed by atoms with van der Waals surface area (Å²) in [5.74, 6) is 0. The van der Waals surface area contributed by atoms with Crippen LogP contribution >= 0.6 is 0 Å². The predicted octanol–water partition coefficient (Wildman–Crippen LogP) is 5.45. The number of rotatable bonds is 0. The van der Waals surface area contributed by atoms with Gasteiger partial charge in [0.2, 0.25) is 0 Å². The van der Waals surface area contributed by atoms with Crippen LogP contribution in [0.2, 0.25) is 0 Å². The van der Waals surface area contributed by atoms with Crippen molar-refractivity contribution in [2.45, 2.75) is 103 Å². The molecule has 0 aromatic carbocycles. The monoisotopic (exact) mass is 674 g/mol. The first kappa shape index (κ1) is 31.0. The van der Waals surface area contributed by atoms with E-state index in [4.69, 9.17) is 10.2 Å². The summed E-state index contributed by atoms with van der Waals surface area (Å²) in [6.07, 6.45) is 24.0. The van der Waals surface area contributed by atoms with Gasteiger partial charge in [0.1, 0.15) is 0 Å². The summed E-state index contributed by atoms with van der Waals surface area (Å²) in [5.41, 5.74) is 0. The minimum absolute atomic E-state index is 0. The molecule has 2 rings (SSSR count). The zero-order valence-electron chi connectivity index (χ0n) is 14.9. The van der Waals surface area contributed by atoms with Gasteiger partial charge in [-0.05, 0) is 0 Å². The number of aliphatic hydroxyl groups is 2. The van der Waals surface area contributed by atoms with E-state index in [-0.39, 0.29) is 40.2 Å². The molecule has 0 bridgehead atoms. The van der Waals surface area contributed by atoms with Crippen molar-refractivity contribution in [3.05, 3.63) is 0 Å². The molecule has 0 heterocycles. The van der Waals surface area contributed by atoms with Crippen LogP contribution in [0.4, 0.5) is 0 Å². The smallest absolute Gasteiger partial charge is 0.0319 e. The maximum absolute atomic E-state index is 7.00. The summed E-state index contributed by atoms with van der Waals surface area (Å²) in [4.78, 5) is 0. The van der Waals surface area contributed by atoms with E-state index in [1.54, 1.807) is 0 Å². The summed E-state index contributed by atoms with van der Waals surface area (Å²) in [7, 11) is 2.00. The molecular weight excluding hydrogens is 633 g/mol. The molecule has 0 aromatic rings. The molecule has 22 heavy (non-hydrogen) atoms. The molecule has 0 unspecified atom stereocenters. The molecule has 0 saturated heterocycles. The second kappa shape index (κ2) is 33.7. The number of hydrogen-bond donors (Lipinski definition) is 2. The van der Waals surface area contributed by atoms with Gasteiger partial charge in [0.15, 0.2) is 0 Å². The predicted molar refractivity (Wildman–Crippen MR) is 90.2 cm³/mol. The second-order valence-electron chi connectivity index (χ2n) is 5.66. The van der Waals surface area contributed by atoms with Crippen molar-refractivity contribution in [2.75, 3.05) is 14.2 Å². The standard InChI is InChI=1S/2C8H16.2CH4O.2Ir/c2*1-2-4-6-8-7-5-3-1;2*1-2;;/h2*1-8H2;2*2H,1H3;;. The van der Waals surface area contributed by atoms with Gasteiger partial charge in [0.25, 0.3) is 0 Å². The van der Waals surface area contributed by atoms with Crippen LogP contribution in [0, 0.1) is 0 Å². The van der Waals surface area contributed by atoms with Gasteiger partial charge < -0.3 is 10.2 Å². The van der Waals surface area contributed by atoms with E-state index in [1.807, 2.05) is 0 Å². The molecule has 142 valence electrons. The third kappa shape index (κ3) is 29.3. The van der Waals surface area contributed by atoms with Gasteiger partial charge in [-0.1, -0.05) is 103 Å². The largest absolute Gasteiger partial charge is 0.400 e. The summed E-state index contributed by atoms with van der Waals surface area (Å²) in [6.45, 7) is 0. The molecular formula is C18H40Ir2O2. The minimum atomic E-state index is 0. The fourth-order valence-corrected chi connectivity index (χ4v) is 2.83. The van der Waals surface area contributed by atoms with E-state index >= 15 is 0 Å². The molecule has 2 fully saturated rings. The van der Waals surface area contributed by atoms with Crippen LogP contribution in [-0.2, 0) is 40.2 Å². The van der Waals surface area contributed by atoms with Crippen molar-refractivity contribution in [3.8, 4) is 0 Å². The Balaban J connectivity index is -0.000000112. The minimum Gasteiger partial charge on any atom is -0.400 e. The van der Waals surface area contributed by atoms with Crippen molar-refractivity contribution in [1.29, 1.82) is 0 Å². The fourth-order valence-electron chi connectivity index (χ4n) is 2.83. The molecule has 2 nitrogen and oxygen atoms in total. The molecule has 0 atom stereocenters. The first-order chi connectivity index (χ1) is 10.0. The Kier molecular flexibility index (Phi) is 47.6. The maximum atomic E-state index is 7.00. The van der Waals surface area contributed by atoms with E-state index in [1.165, 1.54) is 103 Å². The second-order valence-corrected chi connectivity index (χ2v) is 5.66. The van der Waals surface area contributed by atoms with E-state index in [0.717, 1.165) is 14.2 Å². The fraction of sp³-hybridized carbons (Fsp3) is 1.00.